The Morgan fingerprint density at radius 2 is 2.17 bits per heavy atom. The average molecular weight is 383 g/mol. The molecule has 0 fully saturated rings. The number of ether oxygens (including phenoxy) is 2. The summed E-state index contributed by atoms with van der Waals surface area (Å²) in [6.45, 7) is 1.86. The van der Waals surface area contributed by atoms with Crippen LogP contribution in [0.25, 0.3) is 0 Å². The van der Waals surface area contributed by atoms with E-state index < -0.39 is 17.9 Å². The molecule has 0 amide bonds. The lowest BCUT2D eigenvalue weighted by molar-refractivity contribution is 0.0594. The zero-order chi connectivity index (χ0) is 17.0. The first-order chi connectivity index (χ1) is 11.0. The number of rotatable bonds is 5. The molecule has 2 rings (SSSR count). The Kier molecular flexibility index (Phi) is 5.54. The van der Waals surface area contributed by atoms with Gasteiger partial charge in [-0.3, -0.25) is 0 Å². The number of nitrogen functional groups attached to an aromatic ring is 1. The van der Waals surface area contributed by atoms with E-state index in [9.17, 15) is 9.18 Å². The summed E-state index contributed by atoms with van der Waals surface area (Å²) in [4.78, 5) is 15.9. The van der Waals surface area contributed by atoms with Gasteiger partial charge in [-0.1, -0.05) is 6.92 Å². The predicted molar refractivity (Wildman–Crippen MR) is 87.7 cm³/mol. The van der Waals surface area contributed by atoms with E-state index in [0.717, 1.165) is 0 Å². The number of anilines is 1. The van der Waals surface area contributed by atoms with E-state index in [1.165, 1.54) is 25.3 Å². The molecular weight excluding hydrogens is 367 g/mol. The van der Waals surface area contributed by atoms with Gasteiger partial charge in [-0.15, -0.1) is 0 Å². The highest BCUT2D eigenvalue weighted by Gasteiger charge is 2.22. The van der Waals surface area contributed by atoms with Crippen molar-refractivity contribution >= 4 is 27.7 Å². The Bertz CT molecular complexity index is 724. The van der Waals surface area contributed by atoms with Crippen molar-refractivity contribution in [3.05, 3.63) is 51.9 Å². The highest BCUT2D eigenvalue weighted by molar-refractivity contribution is 9.10. The Morgan fingerprint density at radius 1 is 1.43 bits per heavy atom. The maximum Gasteiger partial charge on any atom is 0.338 e. The molecule has 23 heavy (non-hydrogen) atoms. The molecule has 2 N–H and O–H groups in total. The lowest BCUT2D eigenvalue weighted by Gasteiger charge is -2.21. The first-order valence-electron chi connectivity index (χ1n) is 6.91. The van der Waals surface area contributed by atoms with E-state index in [2.05, 4.69) is 20.9 Å². The van der Waals surface area contributed by atoms with Gasteiger partial charge in [0.15, 0.2) is 11.6 Å². The smallest absolute Gasteiger partial charge is 0.338 e. The molecule has 2 aromatic rings. The van der Waals surface area contributed by atoms with Crippen molar-refractivity contribution in [2.45, 2.75) is 19.4 Å². The van der Waals surface area contributed by atoms with E-state index >= 15 is 0 Å². The van der Waals surface area contributed by atoms with Crippen LogP contribution >= 0.6 is 15.9 Å². The van der Waals surface area contributed by atoms with Gasteiger partial charge in [-0.25, -0.2) is 14.2 Å². The van der Waals surface area contributed by atoms with Crippen LogP contribution in [-0.2, 0) is 4.74 Å². The number of hydrogen-bond acceptors (Lipinski definition) is 5. The number of pyridine rings is 1. The SMILES string of the molecule is CCC(Oc1cc(Br)cnc1N)c1cc(F)ccc1C(=O)OC. The van der Waals surface area contributed by atoms with Gasteiger partial charge in [0, 0.05) is 16.2 Å². The van der Waals surface area contributed by atoms with Crippen molar-refractivity contribution in [2.24, 2.45) is 0 Å². The number of hydrogen-bond donors (Lipinski definition) is 1. The quantitative estimate of drug-likeness (QED) is 0.794. The number of esters is 1. The fourth-order valence-electron chi connectivity index (χ4n) is 2.14. The van der Waals surface area contributed by atoms with Gasteiger partial charge in [0.2, 0.25) is 0 Å². The maximum absolute atomic E-state index is 13.6. The number of methoxy groups -OCH3 is 1. The van der Waals surface area contributed by atoms with Crippen LogP contribution in [0.15, 0.2) is 34.9 Å². The van der Waals surface area contributed by atoms with Gasteiger partial charge in [-0.05, 0) is 46.6 Å². The van der Waals surface area contributed by atoms with Crippen molar-refractivity contribution in [2.75, 3.05) is 12.8 Å². The Balaban J connectivity index is 2.43. The molecule has 1 aromatic carbocycles. The summed E-state index contributed by atoms with van der Waals surface area (Å²) in [6, 6.07) is 5.52. The zero-order valence-corrected chi connectivity index (χ0v) is 14.3. The fraction of sp³-hybridized carbons (Fsp3) is 0.250. The van der Waals surface area contributed by atoms with E-state index in [-0.39, 0.29) is 11.4 Å². The van der Waals surface area contributed by atoms with Gasteiger partial charge in [-0.2, -0.15) is 0 Å². The summed E-state index contributed by atoms with van der Waals surface area (Å²) in [7, 11) is 1.27. The van der Waals surface area contributed by atoms with Crippen molar-refractivity contribution in [3.63, 3.8) is 0 Å². The minimum absolute atomic E-state index is 0.211. The molecule has 0 aliphatic heterocycles. The van der Waals surface area contributed by atoms with Gasteiger partial charge < -0.3 is 15.2 Å². The maximum atomic E-state index is 13.6. The van der Waals surface area contributed by atoms with Crippen molar-refractivity contribution < 1.29 is 18.7 Å². The minimum Gasteiger partial charge on any atom is -0.482 e. The number of aromatic nitrogens is 1. The van der Waals surface area contributed by atoms with Gasteiger partial charge in [0.05, 0.1) is 12.7 Å². The summed E-state index contributed by atoms with van der Waals surface area (Å²) >= 11 is 3.29. The second-order valence-electron chi connectivity index (χ2n) is 4.77. The Morgan fingerprint density at radius 3 is 2.83 bits per heavy atom. The zero-order valence-electron chi connectivity index (χ0n) is 12.7. The molecule has 0 aliphatic rings. The number of nitrogens with two attached hydrogens (primary N) is 1. The molecule has 1 atom stereocenters. The number of carbonyl (C=O) groups excluding carboxylic acids is 1. The van der Waals surface area contributed by atoms with Crippen LogP contribution in [0.1, 0.15) is 35.4 Å². The molecule has 0 aliphatic carbocycles. The van der Waals surface area contributed by atoms with Crippen LogP contribution in [-0.4, -0.2) is 18.1 Å². The molecule has 1 heterocycles. The van der Waals surface area contributed by atoms with Crippen molar-refractivity contribution in [3.8, 4) is 5.75 Å². The number of halogens is 2. The second-order valence-corrected chi connectivity index (χ2v) is 5.69. The average Bonchev–Trinajstić information content (AvgIpc) is 2.54. The van der Waals surface area contributed by atoms with Gasteiger partial charge in [0.1, 0.15) is 11.9 Å². The highest BCUT2D eigenvalue weighted by atomic mass is 79.9. The molecule has 1 aromatic heterocycles. The second kappa shape index (κ2) is 7.41. The van der Waals surface area contributed by atoms with E-state index in [4.69, 9.17) is 15.2 Å². The standard InChI is InChI=1S/C16H16BrFN2O3/c1-3-13(23-14-6-9(17)8-20-15(14)19)12-7-10(18)4-5-11(12)16(21)22-2/h4-8,13H,3H2,1-2H3,(H2,19,20). The first-order valence-corrected chi connectivity index (χ1v) is 7.71. The molecule has 5 nitrogen and oxygen atoms in total. The molecule has 0 radical (unpaired) electrons. The van der Waals surface area contributed by atoms with Crippen LogP contribution in [0.3, 0.4) is 0 Å². The molecule has 0 spiro atoms. The fourth-order valence-corrected chi connectivity index (χ4v) is 2.45. The lowest BCUT2D eigenvalue weighted by Crippen LogP contribution is -2.14. The molecule has 1 unspecified atom stereocenters. The first kappa shape index (κ1) is 17.2. The third kappa shape index (κ3) is 3.98. The third-order valence-electron chi connectivity index (χ3n) is 3.25. The Labute approximate surface area is 141 Å². The van der Waals surface area contributed by atoms with E-state index in [1.54, 1.807) is 12.3 Å². The van der Waals surface area contributed by atoms with E-state index in [1.807, 2.05) is 6.92 Å². The lowest BCUT2D eigenvalue weighted by atomic mass is 10.00. The summed E-state index contributed by atoms with van der Waals surface area (Å²) in [5, 5.41) is 0. The van der Waals surface area contributed by atoms with Crippen LogP contribution in [0.4, 0.5) is 10.2 Å². The highest BCUT2D eigenvalue weighted by Crippen LogP contribution is 2.32. The third-order valence-corrected chi connectivity index (χ3v) is 3.69. The molecule has 0 saturated carbocycles. The number of carbonyl (C=O) groups is 1. The minimum atomic E-state index is -0.571. The largest absolute Gasteiger partial charge is 0.482 e. The van der Waals surface area contributed by atoms with Crippen LogP contribution in [0.2, 0.25) is 0 Å². The number of nitrogens with zero attached hydrogens (tertiary/aromatic N) is 1. The molecule has 122 valence electrons. The summed E-state index contributed by atoms with van der Waals surface area (Å²) in [5.41, 5.74) is 6.46. The summed E-state index contributed by atoms with van der Waals surface area (Å²) in [6.07, 6.45) is 1.48. The predicted octanol–water partition coefficient (Wildman–Crippen LogP) is 3.88. The molecule has 0 saturated heterocycles. The van der Waals surface area contributed by atoms with Gasteiger partial charge in [0.25, 0.3) is 0 Å². The normalized spacial score (nSPS) is 11.8. The van der Waals surface area contributed by atoms with E-state index in [0.29, 0.717) is 22.2 Å². The van der Waals surface area contributed by atoms with Crippen LogP contribution in [0.5, 0.6) is 5.75 Å². The summed E-state index contributed by atoms with van der Waals surface area (Å²) in [5.74, 6) is -0.452. The topological polar surface area (TPSA) is 74.4 Å². The van der Waals surface area contributed by atoms with Crippen molar-refractivity contribution in [1.29, 1.82) is 0 Å². The Hall–Kier alpha value is -2.15. The van der Waals surface area contributed by atoms with Crippen LogP contribution < -0.4 is 10.5 Å². The van der Waals surface area contributed by atoms with Crippen LogP contribution in [0, 0.1) is 5.82 Å². The van der Waals surface area contributed by atoms with Gasteiger partial charge >= 0.3 is 5.97 Å². The monoisotopic (exact) mass is 382 g/mol. The summed E-state index contributed by atoms with van der Waals surface area (Å²) < 4.78 is 24.9. The molecule has 7 heteroatoms. The molecule has 0 bridgehead atoms. The molecular formula is C16H16BrFN2O3. The van der Waals surface area contributed by atoms with Crippen molar-refractivity contribution in [1.82, 2.24) is 4.98 Å². The number of benzene rings is 1.